The molecule has 0 unspecified atom stereocenters. The minimum absolute atomic E-state index is 1.02. The van der Waals surface area contributed by atoms with Crippen LogP contribution in [0.25, 0.3) is 0 Å². The quantitative estimate of drug-likeness (QED) is 0.713. The highest BCUT2D eigenvalue weighted by atomic mass is 14.9. The molecule has 14 heavy (non-hydrogen) atoms. The molecule has 0 amide bonds. The smallest absolute Gasteiger partial charge is 0.0360 e. The van der Waals surface area contributed by atoms with Gasteiger partial charge in [-0.2, -0.15) is 0 Å². The van der Waals surface area contributed by atoms with Crippen LogP contribution in [-0.4, -0.2) is 6.54 Å². The summed E-state index contributed by atoms with van der Waals surface area (Å²) in [5.41, 5.74) is 2.79. The van der Waals surface area contributed by atoms with Gasteiger partial charge in [-0.05, 0) is 37.8 Å². The van der Waals surface area contributed by atoms with Crippen LogP contribution in [0.2, 0.25) is 0 Å². The van der Waals surface area contributed by atoms with Crippen LogP contribution in [-0.2, 0) is 0 Å². The summed E-state index contributed by atoms with van der Waals surface area (Å²) in [6, 6.07) is 10.4. The second kappa shape index (κ2) is 4.85. The molecule has 0 saturated heterocycles. The van der Waals surface area contributed by atoms with Gasteiger partial charge in [0.1, 0.15) is 0 Å². The molecule has 0 fully saturated rings. The Balaban J connectivity index is 1.85. The molecule has 0 aromatic heterocycles. The van der Waals surface area contributed by atoms with Crippen LogP contribution in [0.5, 0.6) is 0 Å². The molecule has 2 rings (SSSR count). The van der Waals surface area contributed by atoms with Gasteiger partial charge < -0.3 is 5.32 Å². The Morgan fingerprint density at radius 1 is 1.07 bits per heavy atom. The molecule has 1 aromatic rings. The van der Waals surface area contributed by atoms with E-state index >= 15 is 0 Å². The van der Waals surface area contributed by atoms with Crippen molar-refractivity contribution in [3.8, 4) is 0 Å². The van der Waals surface area contributed by atoms with Gasteiger partial charge in [-0.1, -0.05) is 29.8 Å². The average molecular weight is 187 g/mol. The Morgan fingerprint density at radius 3 is 2.64 bits per heavy atom. The molecule has 0 atom stereocenters. The highest BCUT2D eigenvalue weighted by molar-refractivity contribution is 5.43. The minimum atomic E-state index is 1.02. The summed E-state index contributed by atoms with van der Waals surface area (Å²) in [6.45, 7) is 1.02. The van der Waals surface area contributed by atoms with Crippen molar-refractivity contribution in [3.05, 3.63) is 42.0 Å². The second-order valence-electron chi connectivity index (χ2n) is 3.83. The van der Waals surface area contributed by atoms with Gasteiger partial charge in [0.05, 0.1) is 0 Å². The van der Waals surface area contributed by atoms with Crippen molar-refractivity contribution in [2.75, 3.05) is 11.9 Å². The molecule has 1 N–H and O–H groups in total. The summed E-state index contributed by atoms with van der Waals surface area (Å²) in [4.78, 5) is 0. The molecule has 1 aliphatic rings. The van der Waals surface area contributed by atoms with E-state index < -0.39 is 0 Å². The topological polar surface area (TPSA) is 12.0 Å². The zero-order chi connectivity index (χ0) is 9.64. The number of rotatable bonds is 3. The zero-order valence-electron chi connectivity index (χ0n) is 8.50. The van der Waals surface area contributed by atoms with E-state index in [1.165, 1.54) is 31.4 Å². The standard InChI is InChI=1S/C13H17N/c1-3-7-12(8-4-1)11-14-13-9-5-2-6-10-13/h2,5-7,9-10,14H,1,3-4,8,11H2. The van der Waals surface area contributed by atoms with E-state index in [0.29, 0.717) is 0 Å². The van der Waals surface area contributed by atoms with Crippen LogP contribution < -0.4 is 5.32 Å². The third-order valence-electron chi connectivity index (χ3n) is 2.68. The molecule has 0 bridgehead atoms. The third-order valence-corrected chi connectivity index (χ3v) is 2.68. The van der Waals surface area contributed by atoms with E-state index in [1.54, 1.807) is 5.57 Å². The molecule has 1 nitrogen and oxygen atoms in total. The Hall–Kier alpha value is -1.24. The van der Waals surface area contributed by atoms with Gasteiger partial charge in [0.15, 0.2) is 0 Å². The Labute approximate surface area is 85.8 Å². The summed E-state index contributed by atoms with van der Waals surface area (Å²) < 4.78 is 0. The first-order valence-electron chi connectivity index (χ1n) is 5.42. The summed E-state index contributed by atoms with van der Waals surface area (Å²) in [5.74, 6) is 0. The molecule has 0 spiro atoms. The number of nitrogens with one attached hydrogen (secondary N) is 1. The lowest BCUT2D eigenvalue weighted by Gasteiger charge is -2.13. The Bertz CT molecular complexity index is 300. The van der Waals surface area contributed by atoms with Crippen LogP contribution >= 0.6 is 0 Å². The van der Waals surface area contributed by atoms with Crippen molar-refractivity contribution >= 4 is 5.69 Å². The Morgan fingerprint density at radius 2 is 1.93 bits per heavy atom. The average Bonchev–Trinajstić information content (AvgIpc) is 2.29. The molecule has 0 saturated carbocycles. The molecular weight excluding hydrogens is 170 g/mol. The maximum absolute atomic E-state index is 3.45. The van der Waals surface area contributed by atoms with Gasteiger partial charge in [-0.15, -0.1) is 0 Å². The summed E-state index contributed by atoms with van der Waals surface area (Å²) >= 11 is 0. The lowest BCUT2D eigenvalue weighted by atomic mass is 10.00. The van der Waals surface area contributed by atoms with Gasteiger partial charge in [0, 0.05) is 12.2 Å². The van der Waals surface area contributed by atoms with E-state index in [2.05, 4.69) is 35.7 Å². The van der Waals surface area contributed by atoms with Crippen LogP contribution in [0.4, 0.5) is 5.69 Å². The van der Waals surface area contributed by atoms with Crippen LogP contribution in [0, 0.1) is 0 Å². The summed E-state index contributed by atoms with van der Waals surface area (Å²) in [5, 5.41) is 3.45. The maximum atomic E-state index is 3.45. The molecule has 1 heteroatoms. The van der Waals surface area contributed by atoms with Gasteiger partial charge in [0.2, 0.25) is 0 Å². The lowest BCUT2D eigenvalue weighted by Crippen LogP contribution is -2.06. The molecular formula is C13H17N. The number of para-hydroxylation sites is 1. The van der Waals surface area contributed by atoms with Crippen molar-refractivity contribution in [3.63, 3.8) is 0 Å². The van der Waals surface area contributed by atoms with E-state index in [1.807, 2.05) is 6.07 Å². The number of allylic oxidation sites excluding steroid dienone is 1. The van der Waals surface area contributed by atoms with Crippen molar-refractivity contribution in [1.29, 1.82) is 0 Å². The van der Waals surface area contributed by atoms with E-state index in [9.17, 15) is 0 Å². The number of anilines is 1. The van der Waals surface area contributed by atoms with Crippen LogP contribution in [0.3, 0.4) is 0 Å². The number of hydrogen-bond donors (Lipinski definition) is 1. The van der Waals surface area contributed by atoms with Gasteiger partial charge in [-0.25, -0.2) is 0 Å². The molecule has 0 heterocycles. The highest BCUT2D eigenvalue weighted by Crippen LogP contribution is 2.17. The van der Waals surface area contributed by atoms with E-state index in [0.717, 1.165) is 6.54 Å². The summed E-state index contributed by atoms with van der Waals surface area (Å²) in [7, 11) is 0. The highest BCUT2D eigenvalue weighted by Gasteiger charge is 2.02. The van der Waals surface area contributed by atoms with Crippen molar-refractivity contribution in [2.45, 2.75) is 25.7 Å². The predicted octanol–water partition coefficient (Wildman–Crippen LogP) is 3.60. The van der Waals surface area contributed by atoms with Crippen molar-refractivity contribution in [1.82, 2.24) is 0 Å². The molecule has 1 aromatic carbocycles. The third kappa shape index (κ3) is 2.63. The summed E-state index contributed by atoms with van der Waals surface area (Å²) in [6.07, 6.45) is 7.67. The normalized spacial score (nSPS) is 16.1. The van der Waals surface area contributed by atoms with Crippen molar-refractivity contribution in [2.24, 2.45) is 0 Å². The first kappa shape index (κ1) is 9.32. The van der Waals surface area contributed by atoms with E-state index in [-0.39, 0.29) is 0 Å². The molecule has 0 aliphatic heterocycles. The number of hydrogen-bond acceptors (Lipinski definition) is 1. The largest absolute Gasteiger partial charge is 0.381 e. The fourth-order valence-corrected chi connectivity index (χ4v) is 1.84. The Kier molecular flexibility index (Phi) is 3.23. The first-order valence-corrected chi connectivity index (χ1v) is 5.42. The minimum Gasteiger partial charge on any atom is -0.381 e. The van der Waals surface area contributed by atoms with Gasteiger partial charge >= 0.3 is 0 Å². The van der Waals surface area contributed by atoms with Crippen LogP contribution in [0.1, 0.15) is 25.7 Å². The van der Waals surface area contributed by atoms with E-state index in [4.69, 9.17) is 0 Å². The predicted molar refractivity (Wildman–Crippen MR) is 61.5 cm³/mol. The van der Waals surface area contributed by atoms with Gasteiger partial charge in [-0.3, -0.25) is 0 Å². The lowest BCUT2D eigenvalue weighted by molar-refractivity contribution is 0.695. The fourth-order valence-electron chi connectivity index (χ4n) is 1.84. The fraction of sp³-hybridized carbons (Fsp3) is 0.385. The molecule has 74 valence electrons. The zero-order valence-corrected chi connectivity index (χ0v) is 8.50. The molecule has 1 aliphatic carbocycles. The van der Waals surface area contributed by atoms with Crippen LogP contribution in [0.15, 0.2) is 42.0 Å². The van der Waals surface area contributed by atoms with Gasteiger partial charge in [0.25, 0.3) is 0 Å². The van der Waals surface area contributed by atoms with Crippen molar-refractivity contribution < 1.29 is 0 Å². The first-order chi connectivity index (χ1) is 6.95. The molecule has 0 radical (unpaired) electrons. The maximum Gasteiger partial charge on any atom is 0.0360 e. The SMILES string of the molecule is C1=C(CNc2ccccc2)CCCC1. The second-order valence-corrected chi connectivity index (χ2v) is 3.83. The number of benzene rings is 1. The monoisotopic (exact) mass is 187 g/mol.